The van der Waals surface area contributed by atoms with Crippen molar-refractivity contribution in [2.45, 2.75) is 156 Å². The van der Waals surface area contributed by atoms with Crippen LogP contribution in [-0.4, -0.2) is 23.1 Å². The van der Waals surface area contributed by atoms with Gasteiger partial charge in [0.1, 0.15) is 6.10 Å². The van der Waals surface area contributed by atoms with Gasteiger partial charge in [-0.15, -0.1) is 0 Å². The molecule has 0 aromatic carbocycles. The van der Waals surface area contributed by atoms with Crippen LogP contribution in [0.25, 0.3) is 0 Å². The molecule has 1 N–H and O–H groups in total. The normalized spacial score (nSPS) is 20.8. The number of carboxylic acids is 1. The van der Waals surface area contributed by atoms with Gasteiger partial charge in [0.2, 0.25) is 0 Å². The molecule has 1 rings (SSSR count). The molecule has 4 nitrogen and oxygen atoms in total. The molecule has 0 bridgehead atoms. The van der Waals surface area contributed by atoms with Crippen LogP contribution in [0.5, 0.6) is 0 Å². The average Bonchev–Trinajstić information content (AvgIpc) is 2.81. The third-order valence-electron chi connectivity index (χ3n) is 7.76. The van der Waals surface area contributed by atoms with Crippen LogP contribution >= 0.6 is 0 Å². The van der Waals surface area contributed by atoms with E-state index < -0.39 is 17.3 Å². The minimum Gasteiger partial charge on any atom is -0.481 e. The van der Waals surface area contributed by atoms with Crippen molar-refractivity contribution in [3.8, 4) is 0 Å². The molecule has 0 amide bonds. The van der Waals surface area contributed by atoms with Crippen LogP contribution in [0.4, 0.5) is 0 Å². The maximum absolute atomic E-state index is 13.2. The van der Waals surface area contributed by atoms with E-state index in [9.17, 15) is 14.7 Å². The third kappa shape index (κ3) is 13.5. The third-order valence-corrected chi connectivity index (χ3v) is 7.76. The Morgan fingerprint density at radius 2 is 1.34 bits per heavy atom. The molecule has 0 saturated heterocycles. The minimum atomic E-state index is -1.06. The summed E-state index contributed by atoms with van der Waals surface area (Å²) >= 11 is 0. The number of hydrogen-bond acceptors (Lipinski definition) is 3. The lowest BCUT2D eigenvalue weighted by Gasteiger charge is -2.34. The number of allylic oxidation sites excluding steroid dienone is 1. The Kier molecular flexibility index (Phi) is 17.1. The zero-order valence-electron chi connectivity index (χ0n) is 23.5. The number of carbonyl (C=O) groups excluding carboxylic acids is 1. The lowest BCUT2D eigenvalue weighted by molar-refractivity contribution is -0.168. The standard InChI is InChI=1S/C31H56O4/c1-5-6-7-8-9-10-11-14-17-22-27(23-18-15-12-13-16-21-26(2)3)35-30(34)31(4)25-20-19-24-28(31)29(32)33/h20,25-28H,5-19,21-24H2,1-4H3,(H,32,33). The maximum Gasteiger partial charge on any atom is 0.316 e. The van der Waals surface area contributed by atoms with Crippen LogP contribution in [0.2, 0.25) is 0 Å². The highest BCUT2D eigenvalue weighted by Crippen LogP contribution is 2.38. The summed E-state index contributed by atoms with van der Waals surface area (Å²) in [5.41, 5.74) is -1.06. The van der Waals surface area contributed by atoms with Crippen LogP contribution in [-0.2, 0) is 14.3 Å². The lowest BCUT2D eigenvalue weighted by atomic mass is 9.71. The molecule has 0 spiro atoms. The fraction of sp³-hybridized carbons (Fsp3) is 0.871. The number of rotatable bonds is 21. The SMILES string of the molecule is CCCCCCCCCCCC(CCCCCCCC(C)C)OC(=O)C1(C)C=CCCC1C(=O)O. The van der Waals surface area contributed by atoms with Gasteiger partial charge in [-0.05, 0) is 51.4 Å². The quantitative estimate of drug-likeness (QED) is 0.0985. The second kappa shape index (κ2) is 18.9. The largest absolute Gasteiger partial charge is 0.481 e. The molecule has 4 heteroatoms. The molecule has 0 aromatic heterocycles. The molecule has 0 aliphatic heterocycles. The van der Waals surface area contributed by atoms with Gasteiger partial charge in [-0.2, -0.15) is 0 Å². The molecule has 0 saturated carbocycles. The first-order chi connectivity index (χ1) is 16.8. The first-order valence-electron chi connectivity index (χ1n) is 14.9. The van der Waals surface area contributed by atoms with Crippen molar-refractivity contribution in [2.24, 2.45) is 17.3 Å². The van der Waals surface area contributed by atoms with Crippen LogP contribution < -0.4 is 0 Å². The summed E-state index contributed by atoms with van der Waals surface area (Å²) in [5, 5.41) is 9.69. The fourth-order valence-corrected chi connectivity index (χ4v) is 5.28. The van der Waals surface area contributed by atoms with E-state index in [1.165, 1.54) is 83.5 Å². The van der Waals surface area contributed by atoms with Crippen LogP contribution in [0.15, 0.2) is 12.2 Å². The predicted octanol–water partition coefficient (Wildman–Crippen LogP) is 9.26. The van der Waals surface area contributed by atoms with Crippen LogP contribution in [0.3, 0.4) is 0 Å². The second-order valence-corrected chi connectivity index (χ2v) is 11.5. The molecule has 0 fully saturated rings. The Labute approximate surface area is 216 Å². The van der Waals surface area contributed by atoms with Gasteiger partial charge in [0, 0.05) is 0 Å². The van der Waals surface area contributed by atoms with Crippen molar-refractivity contribution < 1.29 is 19.4 Å². The Morgan fingerprint density at radius 3 is 1.83 bits per heavy atom. The number of unbranched alkanes of at least 4 members (excludes halogenated alkanes) is 12. The number of carboxylic acid groups (broad SMARTS) is 1. The summed E-state index contributed by atoms with van der Waals surface area (Å²) in [6.07, 6.45) is 25.5. The summed E-state index contributed by atoms with van der Waals surface area (Å²) in [7, 11) is 0. The number of carbonyl (C=O) groups is 2. The second-order valence-electron chi connectivity index (χ2n) is 11.5. The summed E-state index contributed by atoms with van der Waals surface area (Å²) < 4.78 is 6.05. The van der Waals surface area contributed by atoms with Crippen molar-refractivity contribution in [3.63, 3.8) is 0 Å². The van der Waals surface area contributed by atoms with Crippen molar-refractivity contribution in [1.82, 2.24) is 0 Å². The maximum atomic E-state index is 13.2. The van der Waals surface area contributed by atoms with E-state index in [0.717, 1.165) is 31.6 Å². The predicted molar refractivity (Wildman–Crippen MR) is 146 cm³/mol. The molecule has 0 aromatic rings. The zero-order valence-corrected chi connectivity index (χ0v) is 23.5. The van der Waals surface area contributed by atoms with Gasteiger partial charge in [0.15, 0.2) is 0 Å². The molecule has 1 aliphatic rings. The van der Waals surface area contributed by atoms with Crippen LogP contribution in [0.1, 0.15) is 150 Å². The van der Waals surface area contributed by atoms with Gasteiger partial charge in [-0.1, -0.05) is 116 Å². The average molecular weight is 493 g/mol. The molecule has 204 valence electrons. The Balaban J connectivity index is 2.51. The molecule has 0 radical (unpaired) electrons. The van der Waals surface area contributed by atoms with Gasteiger partial charge in [-0.25, -0.2) is 0 Å². The molecule has 1 aliphatic carbocycles. The summed E-state index contributed by atoms with van der Waals surface area (Å²) in [6.45, 7) is 8.56. The highest BCUT2D eigenvalue weighted by molar-refractivity contribution is 5.86. The fourth-order valence-electron chi connectivity index (χ4n) is 5.28. The number of hydrogen-bond donors (Lipinski definition) is 1. The van der Waals surface area contributed by atoms with Gasteiger partial charge in [-0.3, -0.25) is 9.59 Å². The van der Waals surface area contributed by atoms with Gasteiger partial charge >= 0.3 is 11.9 Å². The van der Waals surface area contributed by atoms with Gasteiger partial charge in [0.05, 0.1) is 11.3 Å². The van der Waals surface area contributed by atoms with Gasteiger partial charge < -0.3 is 9.84 Å². The van der Waals surface area contributed by atoms with E-state index in [2.05, 4.69) is 20.8 Å². The number of ether oxygens (including phenoxy) is 1. The first kappa shape index (κ1) is 31.7. The van der Waals surface area contributed by atoms with Crippen molar-refractivity contribution >= 4 is 11.9 Å². The minimum absolute atomic E-state index is 0.0932. The molecular weight excluding hydrogens is 436 g/mol. The van der Waals surface area contributed by atoms with E-state index in [4.69, 9.17) is 4.74 Å². The lowest BCUT2D eigenvalue weighted by Crippen LogP contribution is -2.42. The summed E-state index contributed by atoms with van der Waals surface area (Å²) in [5.74, 6) is -1.17. The Hall–Kier alpha value is -1.32. The zero-order chi connectivity index (χ0) is 25.9. The molecule has 0 heterocycles. The molecule has 35 heavy (non-hydrogen) atoms. The first-order valence-corrected chi connectivity index (χ1v) is 14.9. The van der Waals surface area contributed by atoms with E-state index in [0.29, 0.717) is 12.8 Å². The molecular formula is C31H56O4. The molecule has 3 unspecified atom stereocenters. The number of esters is 1. The highest BCUT2D eigenvalue weighted by Gasteiger charge is 2.46. The van der Waals surface area contributed by atoms with Gasteiger partial charge in [0.25, 0.3) is 0 Å². The van der Waals surface area contributed by atoms with Crippen LogP contribution in [0, 0.1) is 17.3 Å². The van der Waals surface area contributed by atoms with E-state index in [1.807, 2.05) is 6.08 Å². The van der Waals surface area contributed by atoms with Crippen molar-refractivity contribution in [2.75, 3.05) is 0 Å². The summed E-state index contributed by atoms with van der Waals surface area (Å²) in [4.78, 5) is 25.0. The Bertz CT molecular complexity index is 597. The monoisotopic (exact) mass is 492 g/mol. The smallest absolute Gasteiger partial charge is 0.316 e. The number of aliphatic carboxylic acids is 1. The Morgan fingerprint density at radius 1 is 0.857 bits per heavy atom. The highest BCUT2D eigenvalue weighted by atomic mass is 16.5. The van der Waals surface area contributed by atoms with Crippen molar-refractivity contribution in [3.05, 3.63) is 12.2 Å². The van der Waals surface area contributed by atoms with Crippen molar-refractivity contribution in [1.29, 1.82) is 0 Å². The van der Waals surface area contributed by atoms with E-state index in [1.54, 1.807) is 13.0 Å². The van der Waals surface area contributed by atoms with E-state index in [-0.39, 0.29) is 12.1 Å². The topological polar surface area (TPSA) is 63.6 Å². The van der Waals surface area contributed by atoms with E-state index >= 15 is 0 Å². The summed E-state index contributed by atoms with van der Waals surface area (Å²) in [6, 6.07) is 0. The molecule has 3 atom stereocenters.